The lowest BCUT2D eigenvalue weighted by Gasteiger charge is -2.22. The average Bonchev–Trinajstić information content (AvgIpc) is 2.43. The summed E-state index contributed by atoms with van der Waals surface area (Å²) in [6, 6.07) is 0. The van der Waals surface area contributed by atoms with E-state index in [0.717, 1.165) is 0 Å². The maximum Gasteiger partial charge on any atom is 0.186 e. The lowest BCUT2D eigenvalue weighted by atomic mass is 10.0. The summed E-state index contributed by atoms with van der Waals surface area (Å²) in [5.74, 6) is 0. The Labute approximate surface area is 81.7 Å². The number of aliphatic hydroxyl groups excluding tert-OH is 4. The summed E-state index contributed by atoms with van der Waals surface area (Å²) in [6.45, 7) is 1.37. The minimum Gasteiger partial charge on any atom is -0.391 e. The van der Waals surface area contributed by atoms with Crippen LogP contribution in [0.1, 0.15) is 6.92 Å². The van der Waals surface area contributed by atoms with Crippen LogP contribution in [-0.4, -0.2) is 64.3 Å². The molecule has 1 fully saturated rings. The minimum atomic E-state index is -1.26. The van der Waals surface area contributed by atoms with Crippen molar-refractivity contribution < 1.29 is 29.9 Å². The lowest BCUT2D eigenvalue weighted by molar-refractivity contribution is -0.173. The standard InChI is InChI=1S/C8H16O6/c1-3(9)4(10)7-5(11)6(12)8(13-2)14-7/h3-12H,1-2H3/t3-,4+,5+,6-,7+,8+/m0/s1. The van der Waals surface area contributed by atoms with Gasteiger partial charge in [0, 0.05) is 7.11 Å². The third-order valence-electron chi connectivity index (χ3n) is 2.32. The first-order chi connectivity index (χ1) is 6.49. The number of aliphatic hydroxyl groups is 4. The van der Waals surface area contributed by atoms with E-state index in [1.807, 2.05) is 0 Å². The van der Waals surface area contributed by atoms with Gasteiger partial charge in [-0.3, -0.25) is 0 Å². The Balaban J connectivity index is 2.64. The van der Waals surface area contributed by atoms with Crippen molar-refractivity contribution in [3.05, 3.63) is 0 Å². The van der Waals surface area contributed by atoms with E-state index in [4.69, 9.17) is 14.6 Å². The number of methoxy groups -OCH3 is 1. The molecule has 0 radical (unpaired) electrons. The fourth-order valence-corrected chi connectivity index (χ4v) is 1.42. The molecule has 1 heterocycles. The summed E-state index contributed by atoms with van der Waals surface area (Å²) >= 11 is 0. The molecular formula is C8H16O6. The molecule has 0 unspecified atom stereocenters. The highest BCUT2D eigenvalue weighted by Gasteiger charge is 2.47. The quantitative estimate of drug-likeness (QED) is 0.421. The zero-order chi connectivity index (χ0) is 10.9. The second-order valence-corrected chi connectivity index (χ2v) is 3.42. The van der Waals surface area contributed by atoms with Crippen LogP contribution in [0.2, 0.25) is 0 Å². The van der Waals surface area contributed by atoms with E-state index in [1.54, 1.807) is 0 Å². The molecule has 0 aromatic carbocycles. The zero-order valence-corrected chi connectivity index (χ0v) is 8.07. The smallest absolute Gasteiger partial charge is 0.186 e. The molecule has 1 aliphatic rings. The Morgan fingerprint density at radius 1 is 1.21 bits per heavy atom. The molecule has 6 atom stereocenters. The van der Waals surface area contributed by atoms with Gasteiger partial charge in [0.25, 0.3) is 0 Å². The fraction of sp³-hybridized carbons (Fsp3) is 1.00. The molecule has 0 spiro atoms. The Morgan fingerprint density at radius 2 is 1.79 bits per heavy atom. The Bertz CT molecular complexity index is 185. The molecule has 1 rings (SSSR count). The molecule has 6 nitrogen and oxygen atoms in total. The molecule has 0 amide bonds. The van der Waals surface area contributed by atoms with Crippen molar-refractivity contribution in [3.63, 3.8) is 0 Å². The van der Waals surface area contributed by atoms with Crippen molar-refractivity contribution in [2.45, 2.75) is 43.7 Å². The van der Waals surface area contributed by atoms with E-state index >= 15 is 0 Å². The van der Waals surface area contributed by atoms with E-state index in [2.05, 4.69) is 0 Å². The van der Waals surface area contributed by atoms with Crippen molar-refractivity contribution in [2.75, 3.05) is 7.11 Å². The molecule has 1 saturated heterocycles. The maximum atomic E-state index is 9.45. The normalized spacial score (nSPS) is 42.4. The van der Waals surface area contributed by atoms with Crippen molar-refractivity contribution in [1.82, 2.24) is 0 Å². The first-order valence-corrected chi connectivity index (χ1v) is 4.39. The molecule has 0 aliphatic carbocycles. The summed E-state index contributed by atoms with van der Waals surface area (Å²) in [6.07, 6.45) is -6.77. The molecule has 0 saturated carbocycles. The lowest BCUT2D eigenvalue weighted by Crippen LogP contribution is -2.43. The van der Waals surface area contributed by atoms with Crippen LogP contribution in [0, 0.1) is 0 Å². The number of ether oxygens (including phenoxy) is 2. The van der Waals surface area contributed by atoms with Gasteiger partial charge in [-0.25, -0.2) is 0 Å². The van der Waals surface area contributed by atoms with Gasteiger partial charge in [0.1, 0.15) is 24.4 Å². The van der Waals surface area contributed by atoms with Gasteiger partial charge in [-0.05, 0) is 6.92 Å². The van der Waals surface area contributed by atoms with Crippen LogP contribution in [0.3, 0.4) is 0 Å². The predicted molar refractivity (Wildman–Crippen MR) is 45.4 cm³/mol. The molecule has 6 heteroatoms. The Kier molecular flexibility index (Phi) is 3.82. The first kappa shape index (κ1) is 11.8. The second kappa shape index (κ2) is 4.52. The van der Waals surface area contributed by atoms with E-state index in [1.165, 1.54) is 14.0 Å². The van der Waals surface area contributed by atoms with Gasteiger partial charge < -0.3 is 29.9 Å². The third kappa shape index (κ3) is 2.05. The predicted octanol–water partition coefficient (Wildman–Crippen LogP) is -2.18. The number of rotatable bonds is 3. The zero-order valence-electron chi connectivity index (χ0n) is 8.07. The largest absolute Gasteiger partial charge is 0.391 e. The monoisotopic (exact) mass is 208 g/mol. The van der Waals surface area contributed by atoms with Crippen LogP contribution in [0.25, 0.3) is 0 Å². The second-order valence-electron chi connectivity index (χ2n) is 3.42. The summed E-state index contributed by atoms with van der Waals surface area (Å²) in [5, 5.41) is 37.3. The van der Waals surface area contributed by atoms with E-state index in [9.17, 15) is 15.3 Å². The van der Waals surface area contributed by atoms with Crippen LogP contribution in [-0.2, 0) is 9.47 Å². The first-order valence-electron chi connectivity index (χ1n) is 4.39. The summed E-state index contributed by atoms with van der Waals surface area (Å²) in [7, 11) is 1.32. The molecule has 0 aromatic heterocycles. The molecular weight excluding hydrogens is 192 g/mol. The van der Waals surface area contributed by atoms with Gasteiger partial charge in [-0.2, -0.15) is 0 Å². The van der Waals surface area contributed by atoms with Crippen molar-refractivity contribution >= 4 is 0 Å². The van der Waals surface area contributed by atoms with Crippen LogP contribution >= 0.6 is 0 Å². The number of hydrogen-bond acceptors (Lipinski definition) is 6. The van der Waals surface area contributed by atoms with E-state index in [0.29, 0.717) is 0 Å². The van der Waals surface area contributed by atoms with Gasteiger partial charge in [0.05, 0.1) is 6.10 Å². The summed E-state index contributed by atoms with van der Waals surface area (Å²) in [5.41, 5.74) is 0. The highest BCUT2D eigenvalue weighted by molar-refractivity contribution is 4.92. The van der Waals surface area contributed by atoms with Crippen molar-refractivity contribution in [1.29, 1.82) is 0 Å². The van der Waals surface area contributed by atoms with Crippen LogP contribution in [0.5, 0.6) is 0 Å². The van der Waals surface area contributed by atoms with Gasteiger partial charge in [-0.1, -0.05) is 0 Å². The molecule has 0 aromatic rings. The van der Waals surface area contributed by atoms with Crippen LogP contribution in [0.4, 0.5) is 0 Å². The van der Waals surface area contributed by atoms with Crippen molar-refractivity contribution in [2.24, 2.45) is 0 Å². The molecule has 84 valence electrons. The van der Waals surface area contributed by atoms with Crippen LogP contribution in [0.15, 0.2) is 0 Å². The highest BCUT2D eigenvalue weighted by Crippen LogP contribution is 2.25. The Morgan fingerprint density at radius 3 is 2.14 bits per heavy atom. The van der Waals surface area contributed by atoms with Crippen molar-refractivity contribution in [3.8, 4) is 0 Å². The fourth-order valence-electron chi connectivity index (χ4n) is 1.42. The molecule has 0 bridgehead atoms. The SMILES string of the molecule is CO[C@@H]1O[C@H]([C@H](O)[C@H](C)O)[C@H](O)[C@@H]1O. The molecule has 1 aliphatic heterocycles. The summed E-state index contributed by atoms with van der Waals surface area (Å²) in [4.78, 5) is 0. The van der Waals surface area contributed by atoms with Gasteiger partial charge in [0.2, 0.25) is 0 Å². The average molecular weight is 208 g/mol. The highest BCUT2D eigenvalue weighted by atomic mass is 16.7. The minimum absolute atomic E-state index is 0.969. The maximum absolute atomic E-state index is 9.45. The topological polar surface area (TPSA) is 99.4 Å². The third-order valence-corrected chi connectivity index (χ3v) is 2.32. The Hall–Kier alpha value is -0.240. The van der Waals surface area contributed by atoms with E-state index in [-0.39, 0.29) is 0 Å². The summed E-state index contributed by atoms with van der Waals surface area (Å²) < 4.78 is 9.75. The molecule has 4 N–H and O–H groups in total. The van der Waals surface area contributed by atoms with Crippen LogP contribution < -0.4 is 0 Å². The van der Waals surface area contributed by atoms with E-state index < -0.39 is 36.8 Å². The molecule has 14 heavy (non-hydrogen) atoms. The van der Waals surface area contributed by atoms with Gasteiger partial charge in [0.15, 0.2) is 6.29 Å². The van der Waals surface area contributed by atoms with Gasteiger partial charge >= 0.3 is 0 Å². The number of hydrogen-bond donors (Lipinski definition) is 4. The van der Waals surface area contributed by atoms with Gasteiger partial charge in [-0.15, -0.1) is 0 Å².